The van der Waals surface area contributed by atoms with Crippen molar-refractivity contribution in [3.8, 4) is 5.88 Å². The van der Waals surface area contributed by atoms with E-state index in [-0.39, 0.29) is 20.4 Å². The number of halogens is 1. The topological polar surface area (TPSA) is 66.0 Å². The zero-order valence-corrected chi connectivity index (χ0v) is 13.6. The lowest BCUT2D eigenvalue weighted by atomic mass is 9.75. The maximum absolute atomic E-state index is 11.9. The van der Waals surface area contributed by atoms with E-state index in [4.69, 9.17) is 0 Å². The highest BCUT2D eigenvalue weighted by Crippen LogP contribution is 2.36. The van der Waals surface area contributed by atoms with E-state index in [0.29, 0.717) is 5.82 Å². The molecule has 1 heterocycles. The van der Waals surface area contributed by atoms with E-state index in [1.807, 2.05) is 30.3 Å². The van der Waals surface area contributed by atoms with Gasteiger partial charge in [0.05, 0.1) is 5.41 Å². The van der Waals surface area contributed by atoms with Gasteiger partial charge in [-0.3, -0.25) is 4.79 Å². The fourth-order valence-electron chi connectivity index (χ4n) is 2.56. The maximum Gasteiger partial charge on any atom is 0.268 e. The summed E-state index contributed by atoms with van der Waals surface area (Å²) in [5, 5.41) is 9.84. The van der Waals surface area contributed by atoms with Crippen LogP contribution < -0.4 is 5.56 Å². The van der Waals surface area contributed by atoms with Crippen molar-refractivity contribution in [2.75, 3.05) is 0 Å². The first-order valence-electron chi connectivity index (χ1n) is 6.60. The van der Waals surface area contributed by atoms with E-state index >= 15 is 0 Å². The van der Waals surface area contributed by atoms with Gasteiger partial charge in [0.25, 0.3) is 5.56 Å². The molecule has 5 heteroatoms. The third kappa shape index (κ3) is 2.46. The van der Waals surface area contributed by atoms with Gasteiger partial charge in [-0.2, -0.15) is 4.98 Å². The van der Waals surface area contributed by atoms with Gasteiger partial charge in [0.1, 0.15) is 9.39 Å². The van der Waals surface area contributed by atoms with Gasteiger partial charge in [-0.1, -0.05) is 44.2 Å². The van der Waals surface area contributed by atoms with Crippen molar-refractivity contribution in [2.24, 2.45) is 0 Å². The van der Waals surface area contributed by atoms with E-state index in [1.165, 1.54) is 0 Å². The molecule has 2 rings (SSSR count). The van der Waals surface area contributed by atoms with Crippen LogP contribution in [0.3, 0.4) is 0 Å². The lowest BCUT2D eigenvalue weighted by Gasteiger charge is -2.31. The fourth-order valence-corrected chi connectivity index (χ4v) is 2.82. The fraction of sp³-hybridized carbons (Fsp3) is 0.333. The Labute approximate surface area is 131 Å². The molecule has 0 aliphatic heterocycles. The quantitative estimate of drug-likeness (QED) is 0.796. The Morgan fingerprint density at radius 2 is 1.85 bits per heavy atom. The Morgan fingerprint density at radius 1 is 1.25 bits per heavy atom. The molecule has 20 heavy (non-hydrogen) atoms. The van der Waals surface area contributed by atoms with Crippen LogP contribution in [0.15, 0.2) is 35.1 Å². The summed E-state index contributed by atoms with van der Waals surface area (Å²) in [7, 11) is 0. The Balaban J connectivity index is 2.69. The Morgan fingerprint density at radius 3 is 2.35 bits per heavy atom. The molecule has 2 N–H and O–H groups in total. The van der Waals surface area contributed by atoms with E-state index in [9.17, 15) is 9.90 Å². The summed E-state index contributed by atoms with van der Waals surface area (Å²) >= 11 is 1.80. The molecule has 0 fully saturated rings. The van der Waals surface area contributed by atoms with Crippen LogP contribution in [0.1, 0.15) is 38.1 Å². The van der Waals surface area contributed by atoms with E-state index in [1.54, 1.807) is 22.6 Å². The predicted molar refractivity (Wildman–Crippen MR) is 87.0 cm³/mol. The van der Waals surface area contributed by atoms with Gasteiger partial charge in [-0.15, -0.1) is 0 Å². The van der Waals surface area contributed by atoms with Crippen LogP contribution in [0.4, 0.5) is 0 Å². The van der Waals surface area contributed by atoms with Crippen LogP contribution in [0.2, 0.25) is 0 Å². The molecule has 0 aliphatic rings. The standard InChI is InChI=1S/C15H17IN2O2/c1-3-15(4-2,10-8-6-5-7-9-10)14-17-12(19)11(16)13(20)18-14/h5-9H,3-4H2,1-2H3,(H2,17,18,19,20). The van der Waals surface area contributed by atoms with Crippen molar-refractivity contribution in [2.45, 2.75) is 32.1 Å². The molecule has 0 bridgehead atoms. The minimum atomic E-state index is -0.387. The number of nitrogens with one attached hydrogen (secondary N) is 1. The van der Waals surface area contributed by atoms with Gasteiger partial charge < -0.3 is 10.1 Å². The van der Waals surface area contributed by atoms with Crippen LogP contribution in [-0.2, 0) is 5.41 Å². The second kappa shape index (κ2) is 5.95. The summed E-state index contributed by atoms with van der Waals surface area (Å²) in [5.74, 6) is 0.322. The third-order valence-corrected chi connectivity index (χ3v) is 4.80. The molecule has 1 aromatic heterocycles. The Kier molecular flexibility index (Phi) is 4.47. The van der Waals surface area contributed by atoms with E-state index in [2.05, 4.69) is 23.8 Å². The molecule has 106 valence electrons. The number of rotatable bonds is 4. The molecule has 0 saturated carbocycles. The number of hydrogen-bond acceptors (Lipinski definition) is 3. The molecule has 0 spiro atoms. The van der Waals surface area contributed by atoms with Crippen LogP contribution >= 0.6 is 22.6 Å². The molecule has 0 unspecified atom stereocenters. The molecule has 2 aromatic rings. The van der Waals surface area contributed by atoms with Gasteiger partial charge in [0.2, 0.25) is 5.88 Å². The average Bonchev–Trinajstić information content (AvgIpc) is 2.47. The number of nitrogens with zero attached hydrogens (tertiary/aromatic N) is 1. The number of H-pyrrole nitrogens is 1. The molecule has 0 amide bonds. The lowest BCUT2D eigenvalue weighted by Crippen LogP contribution is -2.31. The summed E-state index contributed by atoms with van der Waals surface area (Å²) in [6, 6.07) is 9.96. The number of benzene rings is 1. The largest absolute Gasteiger partial charge is 0.492 e. The summed E-state index contributed by atoms with van der Waals surface area (Å²) in [5.41, 5.74) is 0.409. The van der Waals surface area contributed by atoms with Gasteiger partial charge in [-0.05, 0) is 41.0 Å². The monoisotopic (exact) mass is 384 g/mol. The van der Waals surface area contributed by atoms with Crippen molar-refractivity contribution in [3.63, 3.8) is 0 Å². The number of aromatic hydroxyl groups is 1. The zero-order valence-electron chi connectivity index (χ0n) is 11.5. The van der Waals surface area contributed by atoms with Gasteiger partial charge in [0, 0.05) is 0 Å². The molecule has 1 aromatic carbocycles. The molecule has 4 nitrogen and oxygen atoms in total. The molecule has 0 atom stereocenters. The van der Waals surface area contributed by atoms with Crippen molar-refractivity contribution in [3.05, 3.63) is 55.6 Å². The summed E-state index contributed by atoms with van der Waals surface area (Å²) in [6.45, 7) is 4.12. The molecular formula is C15H17IN2O2. The Hall–Kier alpha value is -1.37. The number of aromatic nitrogens is 2. The van der Waals surface area contributed by atoms with E-state index in [0.717, 1.165) is 18.4 Å². The molecular weight excluding hydrogens is 367 g/mol. The first-order chi connectivity index (χ1) is 9.55. The third-order valence-electron chi connectivity index (χ3n) is 3.83. The zero-order chi connectivity index (χ0) is 14.8. The van der Waals surface area contributed by atoms with Crippen LogP contribution in [0.25, 0.3) is 0 Å². The van der Waals surface area contributed by atoms with Crippen molar-refractivity contribution in [1.82, 2.24) is 9.97 Å². The SMILES string of the molecule is CCC(CC)(c1ccccc1)c1nc(O)c(I)c(=O)[nH]1. The minimum absolute atomic E-state index is 0.202. The van der Waals surface area contributed by atoms with Crippen molar-refractivity contribution in [1.29, 1.82) is 0 Å². The highest BCUT2D eigenvalue weighted by atomic mass is 127. The van der Waals surface area contributed by atoms with Gasteiger partial charge >= 0.3 is 0 Å². The number of hydrogen-bond donors (Lipinski definition) is 2. The second-order valence-electron chi connectivity index (χ2n) is 4.71. The predicted octanol–water partition coefficient (Wildman–Crippen LogP) is 3.19. The van der Waals surface area contributed by atoms with Crippen molar-refractivity contribution < 1.29 is 5.11 Å². The highest BCUT2D eigenvalue weighted by Gasteiger charge is 2.34. The second-order valence-corrected chi connectivity index (χ2v) is 5.79. The lowest BCUT2D eigenvalue weighted by molar-refractivity contribution is 0.409. The van der Waals surface area contributed by atoms with Crippen LogP contribution in [0, 0.1) is 3.57 Å². The Bertz CT molecular complexity index is 649. The smallest absolute Gasteiger partial charge is 0.268 e. The van der Waals surface area contributed by atoms with Gasteiger partial charge in [-0.25, -0.2) is 0 Å². The van der Waals surface area contributed by atoms with Crippen LogP contribution in [0.5, 0.6) is 5.88 Å². The van der Waals surface area contributed by atoms with Gasteiger partial charge in [0.15, 0.2) is 0 Å². The first kappa shape index (κ1) is 15.0. The number of aromatic amines is 1. The summed E-state index contributed by atoms with van der Waals surface area (Å²) in [6.07, 6.45) is 1.58. The summed E-state index contributed by atoms with van der Waals surface area (Å²) in [4.78, 5) is 18.9. The minimum Gasteiger partial charge on any atom is -0.492 e. The molecule has 0 saturated heterocycles. The average molecular weight is 384 g/mol. The highest BCUT2D eigenvalue weighted by molar-refractivity contribution is 14.1. The van der Waals surface area contributed by atoms with Crippen molar-refractivity contribution >= 4 is 22.6 Å². The summed E-state index contributed by atoms with van der Waals surface area (Å²) < 4.78 is 0.223. The van der Waals surface area contributed by atoms with Crippen LogP contribution in [-0.4, -0.2) is 15.1 Å². The van der Waals surface area contributed by atoms with E-state index < -0.39 is 0 Å². The molecule has 0 radical (unpaired) electrons. The first-order valence-corrected chi connectivity index (χ1v) is 7.67. The normalized spacial score (nSPS) is 11.6. The maximum atomic E-state index is 11.9. The molecule has 0 aliphatic carbocycles.